The van der Waals surface area contributed by atoms with Crippen molar-refractivity contribution in [2.24, 2.45) is 23.7 Å². The van der Waals surface area contributed by atoms with E-state index in [-0.39, 0.29) is 17.8 Å². The first kappa shape index (κ1) is 17.0. The predicted molar refractivity (Wildman–Crippen MR) is 77.0 cm³/mol. The highest BCUT2D eigenvalue weighted by atomic mass is 16.6. The second-order valence-corrected chi connectivity index (χ2v) is 6.57. The molecule has 0 unspecified atom stereocenters. The standard InChI is InChI=1S/C16H28O4/c1-11(2)9-19-15(17)14(13-7-5-6-8-13)16(18)20-10-12(3)4/h11-14H,5-10H2,1-4H3. The van der Waals surface area contributed by atoms with Crippen LogP contribution in [0.1, 0.15) is 53.4 Å². The van der Waals surface area contributed by atoms with Crippen LogP contribution in [-0.2, 0) is 19.1 Å². The zero-order valence-electron chi connectivity index (χ0n) is 13.2. The smallest absolute Gasteiger partial charge is 0.320 e. The topological polar surface area (TPSA) is 52.6 Å². The molecule has 0 N–H and O–H groups in total. The summed E-state index contributed by atoms with van der Waals surface area (Å²) in [5.74, 6) is -0.896. The molecule has 20 heavy (non-hydrogen) atoms. The summed E-state index contributed by atoms with van der Waals surface area (Å²) in [4.78, 5) is 24.4. The highest BCUT2D eigenvalue weighted by Crippen LogP contribution is 2.33. The Bertz CT molecular complexity index is 292. The average Bonchev–Trinajstić information content (AvgIpc) is 2.87. The molecule has 0 aliphatic heterocycles. The van der Waals surface area contributed by atoms with E-state index in [1.165, 1.54) is 0 Å². The molecule has 0 heterocycles. The molecule has 1 aliphatic rings. The summed E-state index contributed by atoms with van der Waals surface area (Å²) in [6, 6.07) is 0. The van der Waals surface area contributed by atoms with Gasteiger partial charge < -0.3 is 9.47 Å². The van der Waals surface area contributed by atoms with Gasteiger partial charge in [0.1, 0.15) is 0 Å². The maximum atomic E-state index is 12.2. The lowest BCUT2D eigenvalue weighted by molar-refractivity contribution is -0.166. The van der Waals surface area contributed by atoms with Gasteiger partial charge in [0.15, 0.2) is 5.92 Å². The highest BCUT2D eigenvalue weighted by Gasteiger charge is 2.39. The van der Waals surface area contributed by atoms with Crippen LogP contribution in [0, 0.1) is 23.7 Å². The van der Waals surface area contributed by atoms with E-state index in [4.69, 9.17) is 9.47 Å². The number of carbonyl (C=O) groups is 2. The van der Waals surface area contributed by atoms with E-state index < -0.39 is 17.9 Å². The van der Waals surface area contributed by atoms with Crippen molar-refractivity contribution in [3.8, 4) is 0 Å². The number of ether oxygens (including phenoxy) is 2. The molecule has 116 valence electrons. The molecule has 0 amide bonds. The third-order valence-corrected chi connectivity index (χ3v) is 3.50. The van der Waals surface area contributed by atoms with Gasteiger partial charge in [0.25, 0.3) is 0 Å². The highest BCUT2D eigenvalue weighted by molar-refractivity contribution is 5.95. The fourth-order valence-electron chi connectivity index (χ4n) is 2.45. The molecule has 0 bridgehead atoms. The van der Waals surface area contributed by atoms with Crippen molar-refractivity contribution in [2.75, 3.05) is 13.2 Å². The van der Waals surface area contributed by atoms with Crippen molar-refractivity contribution < 1.29 is 19.1 Å². The third-order valence-electron chi connectivity index (χ3n) is 3.50. The normalized spacial score (nSPS) is 16.1. The van der Waals surface area contributed by atoms with E-state index >= 15 is 0 Å². The SMILES string of the molecule is CC(C)COC(=O)C(C(=O)OCC(C)C)C1CCCC1. The van der Waals surface area contributed by atoms with Gasteiger partial charge in [0, 0.05) is 0 Å². The van der Waals surface area contributed by atoms with Crippen LogP contribution in [0.25, 0.3) is 0 Å². The maximum Gasteiger partial charge on any atom is 0.320 e. The largest absolute Gasteiger partial charge is 0.465 e. The minimum Gasteiger partial charge on any atom is -0.465 e. The molecule has 0 radical (unpaired) electrons. The Morgan fingerprint density at radius 1 is 0.900 bits per heavy atom. The zero-order chi connectivity index (χ0) is 15.1. The molecular formula is C16H28O4. The molecule has 0 aromatic carbocycles. The Hall–Kier alpha value is -1.06. The predicted octanol–water partition coefficient (Wildman–Crippen LogP) is 3.19. The van der Waals surface area contributed by atoms with Crippen molar-refractivity contribution >= 4 is 11.9 Å². The first-order chi connectivity index (χ1) is 9.41. The molecule has 0 aromatic rings. The summed E-state index contributed by atoms with van der Waals surface area (Å²) in [5, 5.41) is 0. The average molecular weight is 284 g/mol. The van der Waals surface area contributed by atoms with Crippen molar-refractivity contribution in [3.63, 3.8) is 0 Å². The molecule has 1 saturated carbocycles. The van der Waals surface area contributed by atoms with E-state index in [2.05, 4.69) is 0 Å². The van der Waals surface area contributed by atoms with Crippen LogP contribution in [-0.4, -0.2) is 25.2 Å². The zero-order valence-corrected chi connectivity index (χ0v) is 13.2. The van der Waals surface area contributed by atoms with Crippen molar-refractivity contribution in [2.45, 2.75) is 53.4 Å². The fourth-order valence-corrected chi connectivity index (χ4v) is 2.45. The van der Waals surface area contributed by atoms with Crippen molar-refractivity contribution in [1.29, 1.82) is 0 Å². The van der Waals surface area contributed by atoms with Gasteiger partial charge in [-0.25, -0.2) is 0 Å². The quantitative estimate of drug-likeness (QED) is 0.532. The minimum atomic E-state index is -0.727. The minimum absolute atomic E-state index is 0.0920. The molecule has 0 aromatic heterocycles. The summed E-state index contributed by atoms with van der Waals surface area (Å²) in [7, 11) is 0. The Morgan fingerprint density at radius 3 is 1.65 bits per heavy atom. The van der Waals surface area contributed by atoms with Crippen molar-refractivity contribution in [3.05, 3.63) is 0 Å². The summed E-state index contributed by atoms with van der Waals surface area (Å²) >= 11 is 0. The lowest BCUT2D eigenvalue weighted by Crippen LogP contribution is -2.34. The van der Waals surface area contributed by atoms with Crippen LogP contribution >= 0.6 is 0 Å². The van der Waals surface area contributed by atoms with E-state index in [1.807, 2.05) is 27.7 Å². The molecule has 0 saturated heterocycles. The molecule has 1 aliphatic carbocycles. The summed E-state index contributed by atoms with van der Waals surface area (Å²) in [5.41, 5.74) is 0. The first-order valence-electron chi connectivity index (χ1n) is 7.75. The second kappa shape index (κ2) is 8.28. The lowest BCUT2D eigenvalue weighted by atomic mass is 9.91. The van der Waals surface area contributed by atoms with Gasteiger partial charge in [-0.3, -0.25) is 9.59 Å². The fraction of sp³-hybridized carbons (Fsp3) is 0.875. The van der Waals surface area contributed by atoms with Crippen LogP contribution in [0.5, 0.6) is 0 Å². The second-order valence-electron chi connectivity index (χ2n) is 6.57. The first-order valence-corrected chi connectivity index (χ1v) is 7.75. The Balaban J connectivity index is 2.63. The van der Waals surface area contributed by atoms with Gasteiger partial charge in [-0.05, 0) is 30.6 Å². The van der Waals surface area contributed by atoms with Gasteiger partial charge in [0.2, 0.25) is 0 Å². The third kappa shape index (κ3) is 5.51. The van der Waals surface area contributed by atoms with Crippen molar-refractivity contribution in [1.82, 2.24) is 0 Å². The number of esters is 2. The molecule has 0 spiro atoms. The number of hydrogen-bond acceptors (Lipinski definition) is 4. The van der Waals surface area contributed by atoms with E-state index in [9.17, 15) is 9.59 Å². The molecule has 0 atom stereocenters. The Labute approximate surface area is 122 Å². The molecule has 1 fully saturated rings. The summed E-state index contributed by atoms with van der Waals surface area (Å²) < 4.78 is 10.5. The molecular weight excluding hydrogens is 256 g/mol. The van der Waals surface area contributed by atoms with Gasteiger partial charge in [-0.2, -0.15) is 0 Å². The monoisotopic (exact) mass is 284 g/mol. The van der Waals surface area contributed by atoms with Gasteiger partial charge in [-0.15, -0.1) is 0 Å². The maximum absolute atomic E-state index is 12.2. The van der Waals surface area contributed by atoms with Gasteiger partial charge in [0.05, 0.1) is 13.2 Å². The molecule has 4 nitrogen and oxygen atoms in total. The molecule has 4 heteroatoms. The summed E-state index contributed by atoms with van der Waals surface area (Å²) in [6.45, 7) is 8.65. The Kier molecular flexibility index (Phi) is 7.03. The van der Waals surface area contributed by atoms with Gasteiger partial charge >= 0.3 is 11.9 Å². The van der Waals surface area contributed by atoms with Crippen LogP contribution in [0.4, 0.5) is 0 Å². The number of carbonyl (C=O) groups excluding carboxylic acids is 2. The van der Waals surface area contributed by atoms with Crippen LogP contribution in [0.15, 0.2) is 0 Å². The number of rotatable bonds is 7. The molecule has 1 rings (SSSR count). The van der Waals surface area contributed by atoms with E-state index in [1.54, 1.807) is 0 Å². The van der Waals surface area contributed by atoms with E-state index in [0.717, 1.165) is 25.7 Å². The Morgan fingerprint density at radius 2 is 1.30 bits per heavy atom. The van der Waals surface area contributed by atoms with Crippen LogP contribution in [0.2, 0.25) is 0 Å². The van der Waals surface area contributed by atoms with Gasteiger partial charge in [-0.1, -0.05) is 40.5 Å². The van der Waals surface area contributed by atoms with Crippen LogP contribution in [0.3, 0.4) is 0 Å². The van der Waals surface area contributed by atoms with E-state index in [0.29, 0.717) is 13.2 Å². The lowest BCUT2D eigenvalue weighted by Gasteiger charge is -2.21. The summed E-state index contributed by atoms with van der Waals surface area (Å²) in [6.07, 6.45) is 3.99. The number of hydrogen-bond donors (Lipinski definition) is 0. The van der Waals surface area contributed by atoms with Crippen LogP contribution < -0.4 is 0 Å².